The Morgan fingerprint density at radius 3 is 2.77 bits per heavy atom. The number of nitrogens with two attached hydrogens (primary N) is 1. The van der Waals surface area contributed by atoms with E-state index in [1.54, 1.807) is 23.0 Å². The molecule has 0 saturated carbocycles. The Balaban J connectivity index is 1.02. The first-order chi connectivity index (χ1) is 20.9. The first-order valence-electron chi connectivity index (χ1n) is 14.1. The van der Waals surface area contributed by atoms with Crippen molar-refractivity contribution < 1.29 is 22.7 Å². The van der Waals surface area contributed by atoms with Crippen molar-refractivity contribution >= 4 is 38.8 Å². The van der Waals surface area contributed by atoms with Gasteiger partial charge in [0.05, 0.1) is 24.1 Å². The number of hydrogen-bond acceptors (Lipinski definition) is 11. The van der Waals surface area contributed by atoms with E-state index in [9.17, 15) is 13.6 Å². The number of piperazine rings is 1. The van der Waals surface area contributed by atoms with Crippen LogP contribution in [0.4, 0.5) is 20.4 Å². The minimum atomic E-state index is -0.739. The van der Waals surface area contributed by atoms with Gasteiger partial charge in [0.15, 0.2) is 23.0 Å². The summed E-state index contributed by atoms with van der Waals surface area (Å²) in [7, 11) is 0. The maximum absolute atomic E-state index is 14.8. The SMILES string of the molecule is Nc1nc2c(sc(=O)n2CCN2CCN(c3cc(OCC4CNCCO4)c(F)cc3F)CC2)c2cc(-c3ccco3)nn12. The Bertz CT molecular complexity index is 1810. The molecule has 5 aromatic rings. The normalized spacial score (nSPS) is 18.2. The molecule has 226 valence electrons. The number of morpholine rings is 1. The molecule has 0 radical (unpaired) electrons. The summed E-state index contributed by atoms with van der Waals surface area (Å²) < 4.78 is 49.9. The second-order valence-corrected chi connectivity index (χ2v) is 11.5. The van der Waals surface area contributed by atoms with Gasteiger partial charge < -0.3 is 29.8 Å². The molecule has 0 aliphatic carbocycles. The Kier molecular flexibility index (Phi) is 7.46. The van der Waals surface area contributed by atoms with E-state index in [1.165, 1.54) is 10.6 Å². The Hall–Kier alpha value is -4.05. The summed E-state index contributed by atoms with van der Waals surface area (Å²) in [5.41, 5.74) is 8.33. The van der Waals surface area contributed by atoms with Crippen LogP contribution in [0.2, 0.25) is 0 Å². The number of rotatable bonds is 8. The van der Waals surface area contributed by atoms with Gasteiger partial charge in [-0.25, -0.2) is 8.78 Å². The van der Waals surface area contributed by atoms with Crippen molar-refractivity contribution in [3.8, 4) is 17.2 Å². The number of benzene rings is 1. The number of hydrogen-bond donors (Lipinski definition) is 2. The van der Waals surface area contributed by atoms with Crippen LogP contribution in [0.25, 0.3) is 27.3 Å². The summed E-state index contributed by atoms with van der Waals surface area (Å²) in [5.74, 6) is -0.592. The summed E-state index contributed by atoms with van der Waals surface area (Å²) in [6, 6.07) is 7.72. The van der Waals surface area contributed by atoms with Gasteiger partial charge in [0.2, 0.25) is 5.95 Å². The van der Waals surface area contributed by atoms with Crippen LogP contribution in [-0.4, -0.2) is 89.2 Å². The number of fused-ring (bicyclic) bond motifs is 3. The lowest BCUT2D eigenvalue weighted by molar-refractivity contribution is -0.000550. The zero-order chi connectivity index (χ0) is 29.5. The van der Waals surface area contributed by atoms with Crippen LogP contribution in [0.15, 0.2) is 45.8 Å². The topological polar surface area (TPSA) is 128 Å². The van der Waals surface area contributed by atoms with Crippen molar-refractivity contribution in [2.45, 2.75) is 12.6 Å². The molecular weight excluding hydrogens is 582 g/mol. The molecule has 6 heterocycles. The number of nitrogens with zero attached hydrogens (tertiary/aromatic N) is 6. The Labute approximate surface area is 248 Å². The highest BCUT2D eigenvalue weighted by Crippen LogP contribution is 2.30. The quantitative estimate of drug-likeness (QED) is 0.270. The van der Waals surface area contributed by atoms with E-state index in [1.807, 2.05) is 11.0 Å². The lowest BCUT2D eigenvalue weighted by atomic mass is 10.2. The maximum Gasteiger partial charge on any atom is 0.309 e. The van der Waals surface area contributed by atoms with Crippen LogP contribution in [0, 0.1) is 11.6 Å². The van der Waals surface area contributed by atoms with Crippen LogP contribution in [0.1, 0.15) is 0 Å². The molecule has 0 bridgehead atoms. The number of anilines is 2. The lowest BCUT2D eigenvalue weighted by Crippen LogP contribution is -2.47. The average molecular weight is 613 g/mol. The number of ether oxygens (including phenoxy) is 2. The van der Waals surface area contributed by atoms with Crippen LogP contribution in [0.3, 0.4) is 0 Å². The minimum absolute atomic E-state index is 0.00654. The van der Waals surface area contributed by atoms with E-state index in [4.69, 9.17) is 19.6 Å². The molecule has 3 N–H and O–H groups in total. The van der Waals surface area contributed by atoms with Crippen molar-refractivity contribution in [1.29, 1.82) is 0 Å². The Morgan fingerprint density at radius 2 is 2.00 bits per heavy atom. The number of furan rings is 1. The summed E-state index contributed by atoms with van der Waals surface area (Å²) in [6.45, 7) is 5.50. The highest BCUT2D eigenvalue weighted by molar-refractivity contribution is 7.17. The molecule has 0 spiro atoms. The fourth-order valence-electron chi connectivity index (χ4n) is 5.52. The van der Waals surface area contributed by atoms with Gasteiger partial charge in [0, 0.05) is 64.5 Å². The molecule has 2 aliphatic rings. The third-order valence-corrected chi connectivity index (χ3v) is 8.80. The number of aromatic nitrogens is 4. The average Bonchev–Trinajstić information content (AvgIpc) is 3.76. The first kappa shape index (κ1) is 27.8. The van der Waals surface area contributed by atoms with Crippen LogP contribution >= 0.6 is 11.3 Å². The van der Waals surface area contributed by atoms with Gasteiger partial charge in [0.25, 0.3) is 0 Å². The third-order valence-electron chi connectivity index (χ3n) is 7.80. The molecular formula is C28H30F2N8O4S. The summed E-state index contributed by atoms with van der Waals surface area (Å²) in [6.07, 6.45) is 1.38. The summed E-state index contributed by atoms with van der Waals surface area (Å²) in [4.78, 5) is 21.5. The van der Waals surface area contributed by atoms with Crippen molar-refractivity contribution in [2.24, 2.45) is 0 Å². The van der Waals surface area contributed by atoms with Crippen molar-refractivity contribution in [1.82, 2.24) is 29.4 Å². The Morgan fingerprint density at radius 1 is 1.14 bits per heavy atom. The lowest BCUT2D eigenvalue weighted by Gasteiger charge is -2.36. The molecule has 15 heteroatoms. The molecule has 2 fully saturated rings. The molecule has 1 aromatic carbocycles. The van der Waals surface area contributed by atoms with Gasteiger partial charge >= 0.3 is 4.87 Å². The summed E-state index contributed by atoms with van der Waals surface area (Å²) >= 11 is 1.10. The highest BCUT2D eigenvalue weighted by atomic mass is 32.1. The van der Waals surface area contributed by atoms with Gasteiger partial charge in [-0.3, -0.25) is 14.3 Å². The predicted octanol–water partition coefficient (Wildman–Crippen LogP) is 2.42. The zero-order valence-corrected chi connectivity index (χ0v) is 24.0. The second kappa shape index (κ2) is 11.6. The monoisotopic (exact) mass is 612 g/mol. The number of nitrogen functional groups attached to an aromatic ring is 1. The van der Waals surface area contributed by atoms with Gasteiger partial charge in [0.1, 0.15) is 28.9 Å². The fraction of sp³-hybridized carbons (Fsp3) is 0.393. The molecule has 1 unspecified atom stereocenters. The van der Waals surface area contributed by atoms with E-state index in [0.29, 0.717) is 85.4 Å². The van der Waals surface area contributed by atoms with Crippen LogP contribution in [-0.2, 0) is 11.3 Å². The van der Waals surface area contributed by atoms with Gasteiger partial charge in [-0.1, -0.05) is 11.3 Å². The van der Waals surface area contributed by atoms with Gasteiger partial charge in [-0.15, -0.1) is 0 Å². The van der Waals surface area contributed by atoms with Crippen LogP contribution < -0.4 is 25.6 Å². The molecule has 12 nitrogen and oxygen atoms in total. The molecule has 7 rings (SSSR count). The highest BCUT2D eigenvalue weighted by Gasteiger charge is 2.24. The minimum Gasteiger partial charge on any atom is -0.488 e. The van der Waals surface area contributed by atoms with E-state index >= 15 is 0 Å². The van der Waals surface area contributed by atoms with E-state index in [-0.39, 0.29) is 29.3 Å². The van der Waals surface area contributed by atoms with Crippen molar-refractivity contribution in [2.75, 3.05) is 69.7 Å². The zero-order valence-electron chi connectivity index (χ0n) is 23.2. The smallest absolute Gasteiger partial charge is 0.309 e. The first-order valence-corrected chi connectivity index (χ1v) is 14.9. The summed E-state index contributed by atoms with van der Waals surface area (Å²) in [5, 5.41) is 7.70. The molecule has 2 saturated heterocycles. The number of halogens is 2. The van der Waals surface area contributed by atoms with Crippen molar-refractivity contribution in [3.05, 3.63) is 57.9 Å². The van der Waals surface area contributed by atoms with E-state index in [2.05, 4.69) is 20.3 Å². The molecule has 4 aromatic heterocycles. The van der Waals surface area contributed by atoms with Crippen LogP contribution in [0.5, 0.6) is 5.75 Å². The third kappa shape index (κ3) is 5.44. The van der Waals surface area contributed by atoms with E-state index < -0.39 is 11.6 Å². The number of nitrogens with one attached hydrogen (secondary N) is 1. The molecule has 0 amide bonds. The fourth-order valence-corrected chi connectivity index (χ4v) is 6.48. The van der Waals surface area contributed by atoms with Gasteiger partial charge in [-0.2, -0.15) is 14.6 Å². The standard InChI is InChI=1S/C28H30F2N8O4S/c29-18-12-19(30)24(42-16-17-15-32-3-11-40-17)14-21(18)36-7-4-35(5-8-36)6-9-37-26-25(43-28(37)39)22-13-20(23-2-1-10-41-23)34-38(22)27(31)33-26/h1-2,10,12-14,17,32H,3-9,11,15-16H2,(H2,31,33). The van der Waals surface area contributed by atoms with Gasteiger partial charge in [-0.05, 0) is 18.2 Å². The molecule has 43 heavy (non-hydrogen) atoms. The second-order valence-electron chi connectivity index (χ2n) is 10.5. The maximum atomic E-state index is 14.8. The largest absolute Gasteiger partial charge is 0.488 e. The molecule has 2 aliphatic heterocycles. The van der Waals surface area contributed by atoms with E-state index in [0.717, 1.165) is 23.9 Å². The van der Waals surface area contributed by atoms with Crippen molar-refractivity contribution in [3.63, 3.8) is 0 Å². The molecule has 1 atom stereocenters. The number of thiazole rings is 1. The predicted molar refractivity (Wildman–Crippen MR) is 158 cm³/mol.